The van der Waals surface area contributed by atoms with Gasteiger partial charge in [-0.2, -0.15) is 0 Å². The third-order valence-electron chi connectivity index (χ3n) is 6.03. The van der Waals surface area contributed by atoms with E-state index >= 15 is 0 Å². The van der Waals surface area contributed by atoms with E-state index in [2.05, 4.69) is 10.6 Å². The summed E-state index contributed by atoms with van der Waals surface area (Å²) >= 11 is 0. The highest BCUT2D eigenvalue weighted by Crippen LogP contribution is 2.41. The second-order valence-corrected chi connectivity index (χ2v) is 9.68. The molecule has 33 heavy (non-hydrogen) atoms. The van der Waals surface area contributed by atoms with Crippen molar-refractivity contribution in [2.75, 3.05) is 6.54 Å². The summed E-state index contributed by atoms with van der Waals surface area (Å²) in [6, 6.07) is 18.4. The van der Waals surface area contributed by atoms with Gasteiger partial charge in [0.15, 0.2) is 5.78 Å². The van der Waals surface area contributed by atoms with E-state index in [1.807, 2.05) is 60.7 Å². The van der Waals surface area contributed by atoms with Crippen molar-refractivity contribution >= 4 is 17.8 Å². The Balaban J connectivity index is 1.70. The van der Waals surface area contributed by atoms with Crippen molar-refractivity contribution in [2.24, 2.45) is 0 Å². The number of hydrogen-bond donors (Lipinski definition) is 2. The number of ether oxygens (including phenoxy) is 1. The molecule has 0 aromatic heterocycles. The Morgan fingerprint density at radius 1 is 0.939 bits per heavy atom. The zero-order valence-electron chi connectivity index (χ0n) is 19.7. The summed E-state index contributed by atoms with van der Waals surface area (Å²) in [5.74, 6) is -0.394. The quantitative estimate of drug-likeness (QED) is 0.627. The first-order valence-electron chi connectivity index (χ1n) is 11.6. The molecule has 1 aliphatic carbocycles. The van der Waals surface area contributed by atoms with Gasteiger partial charge in [-0.1, -0.05) is 73.5 Å². The maximum Gasteiger partial charge on any atom is 0.408 e. The lowest BCUT2D eigenvalue weighted by Crippen LogP contribution is -2.51. The molecule has 2 aromatic rings. The molecular formula is C27H34N2O4. The standard InChI is InChI=1S/C27H34N2O4/c1-26(2,3)33-25(32)29-22(18-20-12-6-4-7-13-20)24(31)28-19-23(30)27(16-10-11-17-27)21-14-8-5-9-15-21/h4-9,12-15,22H,10-11,16-19H2,1-3H3,(H,28,31)(H,29,32)/t22-/m0/s1. The maximum absolute atomic E-state index is 13.3. The predicted octanol–water partition coefficient (Wildman–Crippen LogP) is 4.32. The molecule has 0 heterocycles. The number of benzene rings is 2. The molecular weight excluding hydrogens is 416 g/mol. The van der Waals surface area contributed by atoms with Gasteiger partial charge in [0.1, 0.15) is 11.6 Å². The first kappa shape index (κ1) is 24.5. The Labute approximate surface area is 196 Å². The Bertz CT molecular complexity index is 945. The van der Waals surface area contributed by atoms with Gasteiger partial charge in [0, 0.05) is 6.42 Å². The molecule has 2 amide bonds. The molecule has 0 unspecified atom stereocenters. The van der Waals surface area contributed by atoms with E-state index in [9.17, 15) is 14.4 Å². The Morgan fingerprint density at radius 3 is 2.09 bits per heavy atom. The van der Waals surface area contributed by atoms with Crippen LogP contribution in [0.1, 0.15) is 57.6 Å². The fourth-order valence-corrected chi connectivity index (χ4v) is 4.43. The Morgan fingerprint density at radius 2 is 1.52 bits per heavy atom. The number of ketones is 1. The second-order valence-electron chi connectivity index (χ2n) is 9.68. The van der Waals surface area contributed by atoms with Gasteiger partial charge in [-0.15, -0.1) is 0 Å². The molecule has 0 bridgehead atoms. The molecule has 0 aliphatic heterocycles. The normalized spacial score (nSPS) is 16.0. The van der Waals surface area contributed by atoms with E-state index in [0.29, 0.717) is 6.42 Å². The molecule has 1 saturated carbocycles. The maximum atomic E-state index is 13.3. The summed E-state index contributed by atoms with van der Waals surface area (Å²) in [6.07, 6.45) is 3.19. The molecule has 0 radical (unpaired) electrons. The summed E-state index contributed by atoms with van der Waals surface area (Å²) in [5.41, 5.74) is 0.673. The Hall–Kier alpha value is -3.15. The van der Waals surface area contributed by atoms with E-state index in [0.717, 1.165) is 36.8 Å². The van der Waals surface area contributed by atoms with E-state index < -0.39 is 29.1 Å². The van der Waals surface area contributed by atoms with Crippen LogP contribution in [0, 0.1) is 0 Å². The second kappa shape index (κ2) is 10.6. The molecule has 1 aliphatic rings. The molecule has 6 nitrogen and oxygen atoms in total. The van der Waals surface area contributed by atoms with Crippen LogP contribution in [-0.4, -0.2) is 36.0 Å². The summed E-state index contributed by atoms with van der Waals surface area (Å²) < 4.78 is 5.34. The van der Waals surface area contributed by atoms with Crippen LogP contribution in [0.25, 0.3) is 0 Å². The van der Waals surface area contributed by atoms with Crippen LogP contribution in [0.4, 0.5) is 4.79 Å². The fraction of sp³-hybridized carbons (Fsp3) is 0.444. The number of hydrogen-bond acceptors (Lipinski definition) is 4. The highest BCUT2D eigenvalue weighted by Gasteiger charge is 2.42. The molecule has 2 N–H and O–H groups in total. The first-order valence-corrected chi connectivity index (χ1v) is 11.6. The van der Waals surface area contributed by atoms with Crippen LogP contribution >= 0.6 is 0 Å². The molecule has 176 valence electrons. The summed E-state index contributed by atoms with van der Waals surface area (Å²) in [4.78, 5) is 38.8. The van der Waals surface area contributed by atoms with Crippen LogP contribution in [0.2, 0.25) is 0 Å². The van der Waals surface area contributed by atoms with Gasteiger partial charge >= 0.3 is 6.09 Å². The SMILES string of the molecule is CC(C)(C)OC(=O)N[C@@H](Cc1ccccc1)C(=O)NCC(=O)C1(c2ccccc2)CCCC1. The molecule has 0 saturated heterocycles. The van der Waals surface area contributed by atoms with E-state index in [4.69, 9.17) is 4.74 Å². The van der Waals surface area contributed by atoms with Crippen LogP contribution in [-0.2, 0) is 26.2 Å². The number of amides is 2. The molecule has 1 atom stereocenters. The topological polar surface area (TPSA) is 84.5 Å². The third-order valence-corrected chi connectivity index (χ3v) is 6.03. The van der Waals surface area contributed by atoms with Crippen LogP contribution in [0.3, 0.4) is 0 Å². The van der Waals surface area contributed by atoms with Gasteiger partial charge in [-0.05, 0) is 44.7 Å². The van der Waals surface area contributed by atoms with Crippen LogP contribution < -0.4 is 10.6 Å². The minimum absolute atomic E-state index is 0.00952. The number of Topliss-reactive ketones (excluding diaryl/α,β-unsaturated/α-hetero) is 1. The zero-order chi connectivity index (χ0) is 23.9. The number of carbonyl (C=O) groups is 3. The van der Waals surface area contributed by atoms with Gasteiger partial charge in [0.25, 0.3) is 0 Å². The molecule has 2 aromatic carbocycles. The summed E-state index contributed by atoms with van der Waals surface area (Å²) in [5, 5.41) is 5.46. The van der Waals surface area contributed by atoms with Crippen molar-refractivity contribution in [3.8, 4) is 0 Å². The van der Waals surface area contributed by atoms with Crippen molar-refractivity contribution in [1.29, 1.82) is 0 Å². The monoisotopic (exact) mass is 450 g/mol. The number of rotatable bonds is 8. The average molecular weight is 451 g/mol. The zero-order valence-corrected chi connectivity index (χ0v) is 19.7. The number of alkyl carbamates (subject to hydrolysis) is 1. The average Bonchev–Trinajstić information content (AvgIpc) is 3.28. The van der Waals surface area contributed by atoms with Crippen LogP contribution in [0.15, 0.2) is 60.7 Å². The van der Waals surface area contributed by atoms with Gasteiger partial charge in [-0.25, -0.2) is 4.79 Å². The smallest absolute Gasteiger partial charge is 0.408 e. The Kier molecular flexibility index (Phi) is 7.90. The molecule has 3 rings (SSSR count). The lowest BCUT2D eigenvalue weighted by atomic mass is 9.75. The number of nitrogens with one attached hydrogen (secondary N) is 2. The fourth-order valence-electron chi connectivity index (χ4n) is 4.43. The van der Waals surface area contributed by atoms with Crippen molar-refractivity contribution in [2.45, 2.75) is 69.9 Å². The molecule has 6 heteroatoms. The molecule has 0 spiro atoms. The minimum atomic E-state index is -0.855. The van der Waals surface area contributed by atoms with E-state index in [-0.39, 0.29) is 12.3 Å². The highest BCUT2D eigenvalue weighted by molar-refractivity contribution is 5.95. The highest BCUT2D eigenvalue weighted by atomic mass is 16.6. The number of carbonyl (C=O) groups excluding carboxylic acids is 3. The minimum Gasteiger partial charge on any atom is -0.444 e. The lowest BCUT2D eigenvalue weighted by Gasteiger charge is -2.29. The summed E-state index contributed by atoms with van der Waals surface area (Å²) in [6.45, 7) is 5.22. The van der Waals surface area contributed by atoms with Crippen molar-refractivity contribution in [1.82, 2.24) is 10.6 Å². The van der Waals surface area contributed by atoms with Gasteiger partial charge in [0.2, 0.25) is 5.91 Å². The van der Waals surface area contributed by atoms with Crippen molar-refractivity contribution in [3.63, 3.8) is 0 Å². The van der Waals surface area contributed by atoms with Gasteiger partial charge in [0.05, 0.1) is 12.0 Å². The molecule has 1 fully saturated rings. The largest absolute Gasteiger partial charge is 0.444 e. The summed E-state index contributed by atoms with van der Waals surface area (Å²) in [7, 11) is 0. The van der Waals surface area contributed by atoms with E-state index in [1.165, 1.54) is 0 Å². The van der Waals surface area contributed by atoms with E-state index in [1.54, 1.807) is 20.8 Å². The predicted molar refractivity (Wildman–Crippen MR) is 128 cm³/mol. The first-order chi connectivity index (χ1) is 15.7. The van der Waals surface area contributed by atoms with Crippen molar-refractivity contribution < 1.29 is 19.1 Å². The van der Waals surface area contributed by atoms with Gasteiger partial charge < -0.3 is 15.4 Å². The lowest BCUT2D eigenvalue weighted by molar-refractivity contribution is -0.128. The third kappa shape index (κ3) is 6.67. The van der Waals surface area contributed by atoms with Crippen LogP contribution in [0.5, 0.6) is 0 Å². The van der Waals surface area contributed by atoms with Gasteiger partial charge in [-0.3, -0.25) is 9.59 Å². The van der Waals surface area contributed by atoms with Crippen molar-refractivity contribution in [3.05, 3.63) is 71.8 Å².